The zero-order valence-electron chi connectivity index (χ0n) is 12.8. The van der Waals surface area contributed by atoms with E-state index in [0.717, 1.165) is 29.1 Å². The van der Waals surface area contributed by atoms with Gasteiger partial charge in [-0.1, -0.05) is 12.1 Å². The third-order valence-electron chi connectivity index (χ3n) is 3.47. The van der Waals surface area contributed by atoms with Gasteiger partial charge >= 0.3 is 0 Å². The van der Waals surface area contributed by atoms with Crippen LogP contribution in [0.2, 0.25) is 0 Å². The summed E-state index contributed by atoms with van der Waals surface area (Å²) in [6.07, 6.45) is 1.39. The molecule has 0 unspecified atom stereocenters. The second-order valence-corrected chi connectivity index (χ2v) is 5.02. The molecule has 2 rings (SSSR count). The summed E-state index contributed by atoms with van der Waals surface area (Å²) in [5.74, 6) is 2.08. The maximum Gasteiger partial charge on any atom is 0.222 e. The standard InChI is InChI=1S/C14H21N5O2/c1-8(12-9(2)19-21-10(12)3)5-16-6-11-13(15)17-7-18-14(11)20-4/h7-8,16H,5-6H2,1-4H3,(H2,15,17,18)/t8-/m1/s1. The second kappa shape index (κ2) is 6.53. The largest absolute Gasteiger partial charge is 0.481 e. The minimum absolute atomic E-state index is 0.285. The molecule has 0 aliphatic rings. The third-order valence-corrected chi connectivity index (χ3v) is 3.47. The van der Waals surface area contributed by atoms with Crippen LogP contribution < -0.4 is 15.8 Å². The molecular formula is C14H21N5O2. The molecule has 7 nitrogen and oxygen atoms in total. The van der Waals surface area contributed by atoms with E-state index in [1.807, 2.05) is 13.8 Å². The number of hydrogen-bond donors (Lipinski definition) is 2. The number of anilines is 1. The van der Waals surface area contributed by atoms with Crippen LogP contribution in [-0.4, -0.2) is 28.8 Å². The van der Waals surface area contributed by atoms with Crippen molar-refractivity contribution in [2.45, 2.75) is 33.2 Å². The summed E-state index contributed by atoms with van der Waals surface area (Å²) in [4.78, 5) is 8.04. The van der Waals surface area contributed by atoms with Gasteiger partial charge in [0.05, 0.1) is 18.4 Å². The first-order valence-electron chi connectivity index (χ1n) is 6.81. The molecule has 114 valence electrons. The zero-order valence-corrected chi connectivity index (χ0v) is 12.8. The average Bonchev–Trinajstić information content (AvgIpc) is 2.79. The monoisotopic (exact) mass is 291 g/mol. The number of nitrogens with zero attached hydrogens (tertiary/aromatic N) is 3. The average molecular weight is 291 g/mol. The fraction of sp³-hybridized carbons (Fsp3) is 0.500. The molecule has 21 heavy (non-hydrogen) atoms. The van der Waals surface area contributed by atoms with E-state index >= 15 is 0 Å². The maximum atomic E-state index is 5.86. The minimum Gasteiger partial charge on any atom is -0.481 e. The highest BCUT2D eigenvalue weighted by molar-refractivity contribution is 5.44. The topological polar surface area (TPSA) is 99.1 Å². The maximum absolute atomic E-state index is 5.86. The first-order valence-corrected chi connectivity index (χ1v) is 6.81. The SMILES string of the molecule is COc1ncnc(N)c1CNC[C@@H](C)c1c(C)noc1C. The van der Waals surface area contributed by atoms with Crippen molar-refractivity contribution in [2.75, 3.05) is 19.4 Å². The first-order chi connectivity index (χ1) is 10.0. The molecule has 0 spiro atoms. The van der Waals surface area contributed by atoms with Crippen molar-refractivity contribution in [3.8, 4) is 5.88 Å². The van der Waals surface area contributed by atoms with Crippen molar-refractivity contribution in [1.29, 1.82) is 0 Å². The Kier molecular flexibility index (Phi) is 4.74. The molecule has 0 bridgehead atoms. The number of nitrogen functional groups attached to an aromatic ring is 1. The zero-order chi connectivity index (χ0) is 15.4. The Balaban J connectivity index is 1.99. The quantitative estimate of drug-likeness (QED) is 0.833. The van der Waals surface area contributed by atoms with Crippen molar-refractivity contribution in [1.82, 2.24) is 20.4 Å². The summed E-state index contributed by atoms with van der Waals surface area (Å²) in [6.45, 7) is 7.32. The van der Waals surface area contributed by atoms with Crippen molar-refractivity contribution in [2.24, 2.45) is 0 Å². The Bertz CT molecular complexity index is 592. The Morgan fingerprint density at radius 3 is 2.76 bits per heavy atom. The molecule has 7 heteroatoms. The van der Waals surface area contributed by atoms with E-state index in [-0.39, 0.29) is 5.92 Å². The number of ether oxygens (including phenoxy) is 1. The van der Waals surface area contributed by atoms with Crippen molar-refractivity contribution in [3.63, 3.8) is 0 Å². The molecule has 0 radical (unpaired) electrons. The van der Waals surface area contributed by atoms with E-state index < -0.39 is 0 Å². The molecule has 0 amide bonds. The van der Waals surface area contributed by atoms with Crippen LogP contribution in [-0.2, 0) is 6.54 Å². The van der Waals surface area contributed by atoms with E-state index in [0.29, 0.717) is 18.2 Å². The number of nitrogens with two attached hydrogens (primary N) is 1. The number of aryl methyl sites for hydroxylation is 2. The van der Waals surface area contributed by atoms with Crippen LogP contribution in [0.15, 0.2) is 10.9 Å². The van der Waals surface area contributed by atoms with E-state index in [4.69, 9.17) is 15.0 Å². The van der Waals surface area contributed by atoms with Crippen LogP contribution in [0.25, 0.3) is 0 Å². The number of aromatic nitrogens is 3. The van der Waals surface area contributed by atoms with Gasteiger partial charge in [0.2, 0.25) is 5.88 Å². The van der Waals surface area contributed by atoms with Gasteiger partial charge in [-0.15, -0.1) is 0 Å². The number of rotatable bonds is 6. The Hall–Kier alpha value is -2.15. The van der Waals surface area contributed by atoms with E-state index in [9.17, 15) is 0 Å². The molecule has 0 saturated carbocycles. The van der Waals surface area contributed by atoms with Crippen molar-refractivity contribution >= 4 is 5.82 Å². The summed E-state index contributed by atoms with van der Waals surface area (Å²) >= 11 is 0. The summed E-state index contributed by atoms with van der Waals surface area (Å²) in [6, 6.07) is 0. The van der Waals surface area contributed by atoms with Gasteiger partial charge in [0, 0.05) is 18.7 Å². The van der Waals surface area contributed by atoms with Crippen LogP contribution in [0.5, 0.6) is 5.88 Å². The Morgan fingerprint density at radius 1 is 1.38 bits per heavy atom. The summed E-state index contributed by atoms with van der Waals surface area (Å²) in [5, 5.41) is 7.33. The van der Waals surface area contributed by atoms with E-state index in [2.05, 4.69) is 27.4 Å². The lowest BCUT2D eigenvalue weighted by Gasteiger charge is -2.14. The highest BCUT2D eigenvalue weighted by atomic mass is 16.5. The summed E-state index contributed by atoms with van der Waals surface area (Å²) < 4.78 is 10.4. The van der Waals surface area contributed by atoms with Gasteiger partial charge in [0.25, 0.3) is 0 Å². The molecule has 0 fully saturated rings. The van der Waals surface area contributed by atoms with Gasteiger partial charge in [-0.2, -0.15) is 0 Å². The highest BCUT2D eigenvalue weighted by Gasteiger charge is 2.16. The van der Waals surface area contributed by atoms with Crippen LogP contribution in [0.3, 0.4) is 0 Å². The Morgan fingerprint density at radius 2 is 2.14 bits per heavy atom. The first kappa shape index (κ1) is 15.2. The molecule has 1 atom stereocenters. The number of nitrogens with one attached hydrogen (secondary N) is 1. The predicted molar refractivity (Wildman–Crippen MR) is 79.1 cm³/mol. The normalized spacial score (nSPS) is 12.4. The molecule has 0 aliphatic heterocycles. The van der Waals surface area contributed by atoms with Crippen LogP contribution in [0, 0.1) is 13.8 Å². The fourth-order valence-electron chi connectivity index (χ4n) is 2.46. The van der Waals surface area contributed by atoms with Gasteiger partial charge < -0.3 is 20.3 Å². The molecule has 0 aromatic carbocycles. The lowest BCUT2D eigenvalue weighted by atomic mass is 9.99. The minimum atomic E-state index is 0.285. The summed E-state index contributed by atoms with van der Waals surface area (Å²) in [7, 11) is 1.57. The van der Waals surface area contributed by atoms with Crippen LogP contribution >= 0.6 is 0 Å². The van der Waals surface area contributed by atoms with Gasteiger partial charge in [0.15, 0.2) is 0 Å². The van der Waals surface area contributed by atoms with E-state index in [1.165, 1.54) is 6.33 Å². The van der Waals surface area contributed by atoms with Gasteiger partial charge in [0.1, 0.15) is 17.9 Å². The van der Waals surface area contributed by atoms with Gasteiger partial charge in [-0.05, 0) is 19.8 Å². The van der Waals surface area contributed by atoms with Gasteiger partial charge in [-0.25, -0.2) is 9.97 Å². The lowest BCUT2D eigenvalue weighted by molar-refractivity contribution is 0.388. The van der Waals surface area contributed by atoms with Crippen LogP contribution in [0.4, 0.5) is 5.82 Å². The third kappa shape index (κ3) is 3.30. The lowest BCUT2D eigenvalue weighted by Crippen LogP contribution is -2.21. The van der Waals surface area contributed by atoms with Gasteiger partial charge in [-0.3, -0.25) is 0 Å². The summed E-state index contributed by atoms with van der Waals surface area (Å²) in [5.41, 5.74) is 8.71. The molecule has 0 saturated heterocycles. The highest BCUT2D eigenvalue weighted by Crippen LogP contribution is 2.23. The number of hydrogen-bond acceptors (Lipinski definition) is 7. The van der Waals surface area contributed by atoms with Crippen molar-refractivity contribution < 1.29 is 9.26 Å². The number of methoxy groups -OCH3 is 1. The van der Waals surface area contributed by atoms with E-state index in [1.54, 1.807) is 7.11 Å². The molecule has 2 heterocycles. The van der Waals surface area contributed by atoms with Crippen LogP contribution in [0.1, 0.15) is 35.4 Å². The molecule has 2 aromatic heterocycles. The van der Waals surface area contributed by atoms with Crippen molar-refractivity contribution in [3.05, 3.63) is 28.9 Å². The smallest absolute Gasteiger partial charge is 0.222 e. The fourth-order valence-corrected chi connectivity index (χ4v) is 2.46. The second-order valence-electron chi connectivity index (χ2n) is 5.02. The molecule has 3 N–H and O–H groups in total. The molecular weight excluding hydrogens is 270 g/mol. The molecule has 0 aliphatic carbocycles. The molecule has 2 aromatic rings. The predicted octanol–water partition coefficient (Wildman–Crippen LogP) is 1.57. The Labute approximate surface area is 123 Å².